The van der Waals surface area contributed by atoms with E-state index in [1.807, 2.05) is 25.1 Å². The van der Waals surface area contributed by atoms with Gasteiger partial charge in [0.2, 0.25) is 6.10 Å². The number of para-hydroxylation sites is 2. The van der Waals surface area contributed by atoms with Gasteiger partial charge in [0, 0.05) is 13.1 Å². The SMILES string of the molecule is CC1Oc2ccccc2OC1C(=O)N1CCC(O)C1. The third-order valence-corrected chi connectivity index (χ3v) is 3.56. The molecule has 0 bridgehead atoms. The standard InChI is InChI=1S/C14H17NO4/c1-9-13(14(17)15-7-6-10(16)8-15)19-12-5-3-2-4-11(12)18-9/h2-5,9-10,13,16H,6-8H2,1H3. The summed E-state index contributed by atoms with van der Waals surface area (Å²) in [5.74, 6) is 1.15. The van der Waals surface area contributed by atoms with E-state index in [0.29, 0.717) is 31.0 Å². The summed E-state index contributed by atoms with van der Waals surface area (Å²) < 4.78 is 11.5. The van der Waals surface area contributed by atoms with Crippen LogP contribution in [0.25, 0.3) is 0 Å². The lowest BCUT2D eigenvalue weighted by molar-refractivity contribution is -0.143. The molecule has 2 heterocycles. The van der Waals surface area contributed by atoms with Gasteiger partial charge in [0.05, 0.1) is 6.10 Å². The third-order valence-electron chi connectivity index (χ3n) is 3.56. The molecule has 19 heavy (non-hydrogen) atoms. The summed E-state index contributed by atoms with van der Waals surface area (Å²) in [5, 5.41) is 9.50. The molecule has 5 heteroatoms. The number of aliphatic hydroxyl groups is 1. The van der Waals surface area contributed by atoms with E-state index in [2.05, 4.69) is 0 Å². The zero-order chi connectivity index (χ0) is 13.4. The summed E-state index contributed by atoms with van der Waals surface area (Å²) in [7, 11) is 0. The number of rotatable bonds is 1. The minimum atomic E-state index is -0.639. The first-order valence-electron chi connectivity index (χ1n) is 6.54. The zero-order valence-electron chi connectivity index (χ0n) is 10.8. The summed E-state index contributed by atoms with van der Waals surface area (Å²) in [6, 6.07) is 7.33. The maximum atomic E-state index is 12.4. The predicted molar refractivity (Wildman–Crippen MR) is 68.2 cm³/mol. The van der Waals surface area contributed by atoms with Gasteiger partial charge in [-0.1, -0.05) is 12.1 Å². The molecule has 0 radical (unpaired) electrons. The Morgan fingerprint density at radius 1 is 1.32 bits per heavy atom. The summed E-state index contributed by atoms with van der Waals surface area (Å²) in [6.07, 6.45) is -0.763. The number of nitrogens with zero attached hydrogens (tertiary/aromatic N) is 1. The Kier molecular flexibility index (Phi) is 3.06. The second-order valence-electron chi connectivity index (χ2n) is 5.03. The molecule has 3 rings (SSSR count). The van der Waals surface area contributed by atoms with Crippen molar-refractivity contribution in [3.63, 3.8) is 0 Å². The molecule has 3 atom stereocenters. The summed E-state index contributed by atoms with van der Waals surface area (Å²) in [4.78, 5) is 14.0. The van der Waals surface area contributed by atoms with Gasteiger partial charge in [0.25, 0.3) is 5.91 Å². The largest absolute Gasteiger partial charge is 0.482 e. The van der Waals surface area contributed by atoms with Crippen LogP contribution in [-0.2, 0) is 4.79 Å². The van der Waals surface area contributed by atoms with Crippen molar-refractivity contribution in [1.82, 2.24) is 4.90 Å². The van der Waals surface area contributed by atoms with Crippen LogP contribution >= 0.6 is 0 Å². The topological polar surface area (TPSA) is 59.0 Å². The normalized spacial score (nSPS) is 29.4. The Balaban J connectivity index is 1.77. The lowest BCUT2D eigenvalue weighted by Crippen LogP contribution is -2.50. The van der Waals surface area contributed by atoms with Crippen molar-refractivity contribution in [3.05, 3.63) is 24.3 Å². The van der Waals surface area contributed by atoms with Crippen molar-refractivity contribution >= 4 is 5.91 Å². The molecule has 102 valence electrons. The van der Waals surface area contributed by atoms with E-state index < -0.39 is 12.2 Å². The fourth-order valence-electron chi connectivity index (χ4n) is 2.51. The predicted octanol–water partition coefficient (Wildman–Crippen LogP) is 0.808. The highest BCUT2D eigenvalue weighted by atomic mass is 16.6. The molecule has 2 aliphatic heterocycles. The molecule has 3 unspecified atom stereocenters. The van der Waals surface area contributed by atoms with Gasteiger partial charge < -0.3 is 19.5 Å². The van der Waals surface area contributed by atoms with Crippen molar-refractivity contribution in [2.75, 3.05) is 13.1 Å². The van der Waals surface area contributed by atoms with E-state index in [0.717, 1.165) is 0 Å². The quantitative estimate of drug-likeness (QED) is 0.814. The Hall–Kier alpha value is -1.75. The van der Waals surface area contributed by atoms with E-state index in [1.165, 1.54) is 0 Å². The molecule has 1 N–H and O–H groups in total. The number of benzene rings is 1. The summed E-state index contributed by atoms with van der Waals surface area (Å²) in [6.45, 7) is 2.78. The van der Waals surface area contributed by atoms with Crippen LogP contribution in [0.3, 0.4) is 0 Å². The molecule has 1 fully saturated rings. The van der Waals surface area contributed by atoms with Crippen LogP contribution in [0.5, 0.6) is 11.5 Å². The molecular weight excluding hydrogens is 246 g/mol. The number of hydrogen-bond acceptors (Lipinski definition) is 4. The number of aliphatic hydroxyl groups excluding tert-OH is 1. The van der Waals surface area contributed by atoms with Crippen LogP contribution in [0.15, 0.2) is 24.3 Å². The van der Waals surface area contributed by atoms with Gasteiger partial charge >= 0.3 is 0 Å². The minimum absolute atomic E-state index is 0.112. The van der Waals surface area contributed by atoms with Gasteiger partial charge in [-0.05, 0) is 25.5 Å². The highest BCUT2D eigenvalue weighted by Gasteiger charge is 2.38. The number of hydrogen-bond donors (Lipinski definition) is 1. The minimum Gasteiger partial charge on any atom is -0.482 e. The van der Waals surface area contributed by atoms with Crippen LogP contribution in [0.1, 0.15) is 13.3 Å². The van der Waals surface area contributed by atoms with Gasteiger partial charge in [-0.15, -0.1) is 0 Å². The Morgan fingerprint density at radius 3 is 2.63 bits per heavy atom. The molecule has 0 spiro atoms. The van der Waals surface area contributed by atoms with Gasteiger partial charge in [-0.2, -0.15) is 0 Å². The van der Waals surface area contributed by atoms with Crippen LogP contribution in [0.2, 0.25) is 0 Å². The lowest BCUT2D eigenvalue weighted by atomic mass is 10.1. The smallest absolute Gasteiger partial charge is 0.267 e. The molecule has 0 aromatic heterocycles. The maximum absolute atomic E-state index is 12.4. The van der Waals surface area contributed by atoms with E-state index in [4.69, 9.17) is 9.47 Å². The van der Waals surface area contributed by atoms with Crippen LogP contribution < -0.4 is 9.47 Å². The molecule has 1 aromatic rings. The first-order valence-corrected chi connectivity index (χ1v) is 6.54. The van der Waals surface area contributed by atoms with Crippen LogP contribution in [-0.4, -0.2) is 47.3 Å². The Morgan fingerprint density at radius 2 is 2.00 bits per heavy atom. The second-order valence-corrected chi connectivity index (χ2v) is 5.03. The van der Waals surface area contributed by atoms with Crippen molar-refractivity contribution in [3.8, 4) is 11.5 Å². The van der Waals surface area contributed by atoms with E-state index in [9.17, 15) is 9.90 Å². The molecule has 5 nitrogen and oxygen atoms in total. The third kappa shape index (κ3) is 2.26. The fourth-order valence-corrected chi connectivity index (χ4v) is 2.51. The van der Waals surface area contributed by atoms with Crippen molar-refractivity contribution in [2.45, 2.75) is 31.7 Å². The number of ether oxygens (including phenoxy) is 2. The monoisotopic (exact) mass is 263 g/mol. The highest BCUT2D eigenvalue weighted by Crippen LogP contribution is 2.34. The number of fused-ring (bicyclic) bond motifs is 1. The highest BCUT2D eigenvalue weighted by molar-refractivity contribution is 5.82. The number of amides is 1. The van der Waals surface area contributed by atoms with E-state index in [-0.39, 0.29) is 12.0 Å². The molecule has 1 saturated heterocycles. The molecular formula is C14H17NO4. The summed E-state index contributed by atoms with van der Waals surface area (Å²) >= 11 is 0. The molecule has 2 aliphatic rings. The first kappa shape index (κ1) is 12.3. The average molecular weight is 263 g/mol. The Bertz CT molecular complexity index is 490. The number of carbonyl (C=O) groups excluding carboxylic acids is 1. The van der Waals surface area contributed by atoms with Gasteiger partial charge in [0.15, 0.2) is 11.5 Å². The average Bonchev–Trinajstić information content (AvgIpc) is 2.84. The number of β-amino-alcohol motifs (C(OH)–C–C–N with tert-alkyl or cyclic N) is 1. The van der Waals surface area contributed by atoms with Crippen LogP contribution in [0, 0.1) is 0 Å². The number of carbonyl (C=O) groups is 1. The molecule has 0 saturated carbocycles. The van der Waals surface area contributed by atoms with Gasteiger partial charge in [0.1, 0.15) is 6.10 Å². The van der Waals surface area contributed by atoms with Crippen molar-refractivity contribution in [1.29, 1.82) is 0 Å². The Labute approximate surface area is 111 Å². The molecule has 1 amide bonds. The fraction of sp³-hybridized carbons (Fsp3) is 0.500. The van der Waals surface area contributed by atoms with E-state index in [1.54, 1.807) is 11.0 Å². The lowest BCUT2D eigenvalue weighted by Gasteiger charge is -2.33. The van der Waals surface area contributed by atoms with E-state index >= 15 is 0 Å². The maximum Gasteiger partial charge on any atom is 0.267 e. The molecule has 1 aromatic carbocycles. The van der Waals surface area contributed by atoms with Gasteiger partial charge in [-0.3, -0.25) is 4.79 Å². The zero-order valence-corrected chi connectivity index (χ0v) is 10.8. The molecule has 0 aliphatic carbocycles. The van der Waals surface area contributed by atoms with Gasteiger partial charge in [-0.25, -0.2) is 0 Å². The van der Waals surface area contributed by atoms with Crippen molar-refractivity contribution in [2.24, 2.45) is 0 Å². The summed E-state index contributed by atoms with van der Waals surface area (Å²) in [5.41, 5.74) is 0. The number of likely N-dealkylation sites (tertiary alicyclic amines) is 1. The second kappa shape index (κ2) is 4.74. The first-order chi connectivity index (χ1) is 9.15. The van der Waals surface area contributed by atoms with Crippen LogP contribution in [0.4, 0.5) is 0 Å². The van der Waals surface area contributed by atoms with Crippen molar-refractivity contribution < 1.29 is 19.4 Å².